The molecule has 0 aliphatic carbocycles. The number of alkyl halides is 3. The van der Waals surface area contributed by atoms with E-state index in [2.05, 4.69) is 10.6 Å². The monoisotopic (exact) mass is 346 g/mol. The number of hydrogen-bond donors (Lipinski definition) is 2. The van der Waals surface area contributed by atoms with Crippen molar-refractivity contribution in [1.29, 1.82) is 0 Å². The summed E-state index contributed by atoms with van der Waals surface area (Å²) in [5.41, 5.74) is -0.935. The first-order valence-electron chi connectivity index (χ1n) is 6.42. The second-order valence-electron chi connectivity index (χ2n) is 4.57. The highest BCUT2D eigenvalue weighted by Gasteiger charge is 2.33. The van der Waals surface area contributed by atoms with Crippen LogP contribution in [0.2, 0.25) is 5.02 Å². The van der Waals surface area contributed by atoms with Gasteiger partial charge < -0.3 is 10.6 Å². The fourth-order valence-corrected chi connectivity index (χ4v) is 2.02. The quantitative estimate of drug-likeness (QED) is 0.797. The van der Waals surface area contributed by atoms with Gasteiger partial charge >= 0.3 is 6.18 Å². The van der Waals surface area contributed by atoms with Gasteiger partial charge in [-0.2, -0.15) is 13.2 Å². The van der Waals surface area contributed by atoms with E-state index in [1.807, 2.05) is 0 Å². The smallest absolute Gasteiger partial charge is 0.376 e. The molecule has 23 heavy (non-hydrogen) atoms. The van der Waals surface area contributed by atoms with E-state index in [-0.39, 0.29) is 17.9 Å². The van der Waals surface area contributed by atoms with E-state index in [9.17, 15) is 22.4 Å². The highest BCUT2D eigenvalue weighted by Crippen LogP contribution is 2.36. The van der Waals surface area contributed by atoms with Crippen LogP contribution in [0.3, 0.4) is 0 Å². The van der Waals surface area contributed by atoms with E-state index in [1.165, 1.54) is 24.3 Å². The van der Waals surface area contributed by atoms with Gasteiger partial charge in [-0.15, -0.1) is 0 Å². The van der Waals surface area contributed by atoms with Crippen molar-refractivity contribution in [3.05, 3.63) is 58.9 Å². The van der Waals surface area contributed by atoms with Crippen molar-refractivity contribution in [3.8, 4) is 0 Å². The maximum atomic E-state index is 13.4. The van der Waals surface area contributed by atoms with Crippen molar-refractivity contribution in [3.63, 3.8) is 0 Å². The summed E-state index contributed by atoms with van der Waals surface area (Å²) in [7, 11) is 0. The van der Waals surface area contributed by atoms with Crippen LogP contribution < -0.4 is 10.6 Å². The van der Waals surface area contributed by atoms with Crippen molar-refractivity contribution in [1.82, 2.24) is 0 Å². The summed E-state index contributed by atoms with van der Waals surface area (Å²) < 4.78 is 51.5. The van der Waals surface area contributed by atoms with Crippen molar-refractivity contribution in [2.45, 2.75) is 6.18 Å². The number of para-hydroxylation sites is 1. The molecule has 0 aliphatic heterocycles. The second-order valence-corrected chi connectivity index (χ2v) is 4.98. The number of carbonyl (C=O) groups excluding carboxylic acids is 1. The number of nitrogens with one attached hydrogen (secondary N) is 2. The van der Waals surface area contributed by atoms with E-state index >= 15 is 0 Å². The molecule has 0 saturated heterocycles. The molecule has 0 spiro atoms. The maximum Gasteiger partial charge on any atom is 0.417 e. The summed E-state index contributed by atoms with van der Waals surface area (Å²) in [5.74, 6) is -1.20. The average Bonchev–Trinajstić information content (AvgIpc) is 2.47. The lowest BCUT2D eigenvalue weighted by molar-refractivity contribution is -0.137. The molecule has 3 nitrogen and oxygen atoms in total. The summed E-state index contributed by atoms with van der Waals surface area (Å²) in [6.07, 6.45) is -4.59. The highest BCUT2D eigenvalue weighted by atomic mass is 35.5. The molecule has 0 aliphatic rings. The zero-order valence-electron chi connectivity index (χ0n) is 11.5. The normalized spacial score (nSPS) is 11.2. The molecule has 2 N–H and O–H groups in total. The molecule has 2 rings (SSSR count). The minimum absolute atomic E-state index is 0.00798. The molecule has 0 heterocycles. The topological polar surface area (TPSA) is 41.1 Å². The molecule has 0 fully saturated rings. The molecule has 2 aromatic rings. The Morgan fingerprint density at radius 2 is 1.83 bits per heavy atom. The molecule has 0 radical (unpaired) electrons. The molecule has 0 atom stereocenters. The Kier molecular flexibility index (Phi) is 5.10. The van der Waals surface area contributed by atoms with Crippen LogP contribution in [0.25, 0.3) is 0 Å². The van der Waals surface area contributed by atoms with Crippen LogP contribution >= 0.6 is 11.6 Å². The van der Waals surface area contributed by atoms with Gasteiger partial charge in [0.15, 0.2) is 0 Å². The minimum Gasteiger partial charge on any atom is -0.376 e. The van der Waals surface area contributed by atoms with Gasteiger partial charge in [-0.1, -0.05) is 23.7 Å². The fourth-order valence-electron chi connectivity index (χ4n) is 1.79. The van der Waals surface area contributed by atoms with Gasteiger partial charge in [0.1, 0.15) is 5.82 Å². The predicted octanol–water partition coefficient (Wildman–Crippen LogP) is 4.55. The summed E-state index contributed by atoms with van der Waals surface area (Å²) >= 11 is 5.50. The van der Waals surface area contributed by atoms with E-state index in [4.69, 9.17) is 11.6 Å². The first kappa shape index (κ1) is 17.1. The van der Waals surface area contributed by atoms with E-state index < -0.39 is 28.5 Å². The van der Waals surface area contributed by atoms with Gasteiger partial charge in [0.25, 0.3) is 0 Å². The maximum absolute atomic E-state index is 13.4. The van der Waals surface area contributed by atoms with Crippen molar-refractivity contribution in [2.75, 3.05) is 17.2 Å². The lowest BCUT2D eigenvalue weighted by Crippen LogP contribution is -2.22. The van der Waals surface area contributed by atoms with Crippen LogP contribution in [-0.4, -0.2) is 12.5 Å². The first-order valence-corrected chi connectivity index (χ1v) is 6.80. The van der Waals surface area contributed by atoms with Crippen LogP contribution in [0.4, 0.5) is 28.9 Å². The third kappa shape index (κ3) is 4.59. The zero-order valence-corrected chi connectivity index (χ0v) is 12.3. The molecule has 122 valence electrons. The molecular weight excluding hydrogens is 336 g/mol. The lowest BCUT2D eigenvalue weighted by Gasteiger charge is -2.12. The largest absolute Gasteiger partial charge is 0.417 e. The number of carbonyl (C=O) groups is 1. The first-order chi connectivity index (χ1) is 10.8. The van der Waals surface area contributed by atoms with Crippen LogP contribution in [0, 0.1) is 5.82 Å². The summed E-state index contributed by atoms with van der Waals surface area (Å²) in [5, 5.41) is 4.41. The van der Waals surface area contributed by atoms with Crippen molar-refractivity contribution in [2.24, 2.45) is 0 Å². The van der Waals surface area contributed by atoms with Crippen LogP contribution in [0.5, 0.6) is 0 Å². The summed E-state index contributed by atoms with van der Waals surface area (Å²) in [6, 6.07) is 8.76. The predicted molar refractivity (Wildman–Crippen MR) is 80.0 cm³/mol. The Morgan fingerprint density at radius 3 is 2.48 bits per heavy atom. The Labute approximate surface area is 134 Å². The number of benzene rings is 2. The van der Waals surface area contributed by atoms with Gasteiger partial charge in [-0.25, -0.2) is 4.39 Å². The van der Waals surface area contributed by atoms with Crippen LogP contribution in [0.15, 0.2) is 42.5 Å². The third-order valence-corrected chi connectivity index (χ3v) is 3.20. The van der Waals surface area contributed by atoms with Gasteiger partial charge in [0, 0.05) is 5.69 Å². The second kappa shape index (κ2) is 6.87. The highest BCUT2D eigenvalue weighted by molar-refractivity contribution is 6.31. The van der Waals surface area contributed by atoms with E-state index in [0.29, 0.717) is 0 Å². The molecule has 8 heteroatoms. The Hall–Kier alpha value is -2.28. The number of amides is 1. The molecule has 0 bridgehead atoms. The lowest BCUT2D eigenvalue weighted by atomic mass is 10.2. The molecule has 0 aromatic heterocycles. The summed E-state index contributed by atoms with van der Waals surface area (Å²) in [4.78, 5) is 11.7. The number of rotatable bonds is 4. The van der Waals surface area contributed by atoms with Crippen molar-refractivity contribution >= 4 is 28.9 Å². The third-order valence-electron chi connectivity index (χ3n) is 2.87. The standard InChI is InChI=1S/C15H11ClF4N2O/c16-11-6-5-9(7-10(11)15(18,19)20)21-8-14(23)22-13-4-2-1-3-12(13)17/h1-7,21H,8H2,(H,22,23). The Morgan fingerprint density at radius 1 is 1.13 bits per heavy atom. The molecule has 0 unspecified atom stereocenters. The van der Waals surface area contributed by atoms with Crippen LogP contribution in [0.1, 0.15) is 5.56 Å². The van der Waals surface area contributed by atoms with Gasteiger partial charge in [0.05, 0.1) is 22.8 Å². The van der Waals surface area contributed by atoms with Gasteiger partial charge in [-0.05, 0) is 30.3 Å². The van der Waals surface area contributed by atoms with E-state index in [0.717, 1.165) is 12.1 Å². The molecule has 2 aromatic carbocycles. The molecular formula is C15H11ClF4N2O. The van der Waals surface area contributed by atoms with E-state index in [1.54, 1.807) is 6.07 Å². The minimum atomic E-state index is -4.59. The average molecular weight is 347 g/mol. The zero-order chi connectivity index (χ0) is 17.0. The fraction of sp³-hybridized carbons (Fsp3) is 0.133. The Bertz CT molecular complexity index is 719. The summed E-state index contributed by atoms with van der Waals surface area (Å²) in [6.45, 7) is -0.326. The number of anilines is 2. The SMILES string of the molecule is O=C(CNc1ccc(Cl)c(C(F)(F)F)c1)Nc1ccccc1F. The Balaban J connectivity index is 2.01. The number of hydrogen-bond acceptors (Lipinski definition) is 2. The van der Waals surface area contributed by atoms with Gasteiger partial charge in [-0.3, -0.25) is 4.79 Å². The van der Waals surface area contributed by atoms with Crippen LogP contribution in [-0.2, 0) is 11.0 Å². The molecule has 1 amide bonds. The van der Waals surface area contributed by atoms with Gasteiger partial charge in [0.2, 0.25) is 5.91 Å². The molecule has 0 saturated carbocycles. The number of halogens is 5. The van der Waals surface area contributed by atoms with Crippen molar-refractivity contribution < 1.29 is 22.4 Å².